The summed E-state index contributed by atoms with van der Waals surface area (Å²) < 4.78 is 5.74. The Hall–Kier alpha value is -2.80. The molecule has 7 heteroatoms. The number of nitrogens with zero attached hydrogens (tertiary/aromatic N) is 4. The first-order valence-corrected chi connectivity index (χ1v) is 10.7. The minimum Gasteiger partial charge on any atom is -0.492 e. The lowest BCUT2D eigenvalue weighted by molar-refractivity contribution is 0.270. The molecular formula is C23H34N6O. The van der Waals surface area contributed by atoms with Crippen LogP contribution in [0.1, 0.15) is 18.1 Å². The molecule has 1 aromatic carbocycles. The van der Waals surface area contributed by atoms with Gasteiger partial charge in [-0.1, -0.05) is 30.7 Å². The van der Waals surface area contributed by atoms with Gasteiger partial charge in [0.1, 0.15) is 18.2 Å². The van der Waals surface area contributed by atoms with Crippen molar-refractivity contribution in [3.8, 4) is 5.75 Å². The molecule has 0 radical (unpaired) electrons. The topological polar surface area (TPSA) is 65.0 Å². The Morgan fingerprint density at radius 3 is 2.47 bits per heavy atom. The fraction of sp³-hybridized carbons (Fsp3) is 0.478. The average Bonchev–Trinajstić information content (AvgIpc) is 2.80. The van der Waals surface area contributed by atoms with Gasteiger partial charge < -0.3 is 25.2 Å². The van der Waals surface area contributed by atoms with Gasteiger partial charge in [-0.15, -0.1) is 0 Å². The number of guanidine groups is 1. The summed E-state index contributed by atoms with van der Waals surface area (Å²) in [5.41, 5.74) is 2.36. The standard InChI is InChI=1S/C23H34N6O/c1-4-28-12-14-29(15-13-28)22-10-7-20(17-26-22)18-27-23(24-3)25-11-16-30-21-8-5-19(2)6-9-21/h5-10,17H,4,11-16,18H2,1-3H3,(H2,24,25,27). The maximum Gasteiger partial charge on any atom is 0.191 e. The maximum atomic E-state index is 5.74. The fourth-order valence-electron chi connectivity index (χ4n) is 3.38. The van der Waals surface area contributed by atoms with E-state index in [-0.39, 0.29) is 0 Å². The summed E-state index contributed by atoms with van der Waals surface area (Å²) in [5, 5.41) is 6.60. The van der Waals surface area contributed by atoms with E-state index in [4.69, 9.17) is 4.74 Å². The molecule has 7 nitrogen and oxygen atoms in total. The zero-order chi connectivity index (χ0) is 21.2. The monoisotopic (exact) mass is 410 g/mol. The summed E-state index contributed by atoms with van der Waals surface area (Å²) in [5.74, 6) is 2.69. The van der Waals surface area contributed by atoms with Crippen LogP contribution in [0.25, 0.3) is 0 Å². The van der Waals surface area contributed by atoms with Crippen molar-refractivity contribution >= 4 is 11.8 Å². The molecule has 0 atom stereocenters. The van der Waals surface area contributed by atoms with Gasteiger partial charge in [0.2, 0.25) is 0 Å². The van der Waals surface area contributed by atoms with Crippen LogP contribution in [0.3, 0.4) is 0 Å². The summed E-state index contributed by atoms with van der Waals surface area (Å²) in [6, 6.07) is 12.3. The van der Waals surface area contributed by atoms with E-state index in [0.29, 0.717) is 19.7 Å². The number of benzene rings is 1. The van der Waals surface area contributed by atoms with Crippen molar-refractivity contribution in [1.29, 1.82) is 0 Å². The molecule has 1 aliphatic heterocycles. The van der Waals surface area contributed by atoms with E-state index < -0.39 is 0 Å². The first-order valence-electron chi connectivity index (χ1n) is 10.7. The third-order valence-electron chi connectivity index (χ3n) is 5.32. The SMILES string of the molecule is CCN1CCN(c2ccc(CNC(=NC)NCCOc3ccc(C)cc3)cn2)CC1. The highest BCUT2D eigenvalue weighted by Gasteiger charge is 2.16. The van der Waals surface area contributed by atoms with Gasteiger partial charge in [0.15, 0.2) is 5.96 Å². The summed E-state index contributed by atoms with van der Waals surface area (Å²) in [6.45, 7) is 11.6. The molecule has 0 spiro atoms. The third kappa shape index (κ3) is 6.62. The van der Waals surface area contributed by atoms with Gasteiger partial charge in [0, 0.05) is 46.0 Å². The summed E-state index contributed by atoms with van der Waals surface area (Å²) in [7, 11) is 1.77. The number of pyridine rings is 1. The lowest BCUT2D eigenvalue weighted by Crippen LogP contribution is -2.46. The van der Waals surface area contributed by atoms with E-state index in [1.807, 2.05) is 30.5 Å². The predicted octanol–water partition coefficient (Wildman–Crippen LogP) is 2.28. The number of nitrogens with one attached hydrogen (secondary N) is 2. The highest BCUT2D eigenvalue weighted by atomic mass is 16.5. The van der Waals surface area contributed by atoms with Gasteiger partial charge in [0.25, 0.3) is 0 Å². The molecular weight excluding hydrogens is 376 g/mol. The zero-order valence-electron chi connectivity index (χ0n) is 18.4. The first kappa shape index (κ1) is 21.9. The minimum atomic E-state index is 0.575. The Balaban J connectivity index is 1.37. The number of rotatable bonds is 8. The molecule has 1 aromatic heterocycles. The van der Waals surface area contributed by atoms with Gasteiger partial charge in [-0.05, 0) is 37.2 Å². The number of ether oxygens (including phenoxy) is 1. The van der Waals surface area contributed by atoms with Gasteiger partial charge >= 0.3 is 0 Å². The van der Waals surface area contributed by atoms with Crippen LogP contribution in [0.4, 0.5) is 5.82 Å². The molecule has 30 heavy (non-hydrogen) atoms. The summed E-state index contributed by atoms with van der Waals surface area (Å²) in [6.07, 6.45) is 1.95. The lowest BCUT2D eigenvalue weighted by atomic mass is 10.2. The minimum absolute atomic E-state index is 0.575. The van der Waals surface area contributed by atoms with Crippen molar-refractivity contribution in [3.05, 3.63) is 53.7 Å². The van der Waals surface area contributed by atoms with Gasteiger partial charge in [0.05, 0.1) is 6.54 Å². The van der Waals surface area contributed by atoms with Crippen molar-refractivity contribution in [2.75, 3.05) is 57.8 Å². The number of aryl methyl sites for hydroxylation is 1. The molecule has 162 valence electrons. The molecule has 0 saturated carbocycles. The van der Waals surface area contributed by atoms with Crippen molar-refractivity contribution in [3.63, 3.8) is 0 Å². The van der Waals surface area contributed by atoms with Gasteiger partial charge in [-0.25, -0.2) is 4.98 Å². The molecule has 1 saturated heterocycles. The molecule has 2 heterocycles. The van der Waals surface area contributed by atoms with Crippen molar-refractivity contribution in [2.24, 2.45) is 4.99 Å². The highest BCUT2D eigenvalue weighted by Crippen LogP contribution is 2.14. The quantitative estimate of drug-likeness (QED) is 0.395. The average molecular weight is 411 g/mol. The fourth-order valence-corrected chi connectivity index (χ4v) is 3.38. The number of hydrogen-bond donors (Lipinski definition) is 2. The molecule has 3 rings (SSSR count). The van der Waals surface area contributed by atoms with E-state index >= 15 is 0 Å². The largest absolute Gasteiger partial charge is 0.492 e. The van der Waals surface area contributed by atoms with Crippen molar-refractivity contribution in [1.82, 2.24) is 20.5 Å². The highest BCUT2D eigenvalue weighted by molar-refractivity contribution is 5.79. The second kappa shape index (κ2) is 11.4. The van der Waals surface area contributed by atoms with Crippen LogP contribution >= 0.6 is 0 Å². The number of piperazine rings is 1. The Labute approximate surface area is 180 Å². The van der Waals surface area contributed by atoms with Crippen molar-refractivity contribution in [2.45, 2.75) is 20.4 Å². The summed E-state index contributed by atoms with van der Waals surface area (Å²) >= 11 is 0. The van der Waals surface area contributed by atoms with Crippen LogP contribution in [0, 0.1) is 6.92 Å². The molecule has 2 N–H and O–H groups in total. The molecule has 0 unspecified atom stereocenters. The number of hydrogen-bond acceptors (Lipinski definition) is 5. The molecule has 0 amide bonds. The van der Waals surface area contributed by atoms with E-state index in [1.54, 1.807) is 7.05 Å². The van der Waals surface area contributed by atoms with Crippen LogP contribution in [-0.4, -0.2) is 68.8 Å². The van der Waals surface area contributed by atoms with Crippen LogP contribution in [0.2, 0.25) is 0 Å². The van der Waals surface area contributed by atoms with Crippen LogP contribution < -0.4 is 20.3 Å². The second-order valence-electron chi connectivity index (χ2n) is 7.46. The Bertz CT molecular complexity index is 782. The molecule has 1 fully saturated rings. The van der Waals surface area contributed by atoms with Crippen LogP contribution in [0.5, 0.6) is 5.75 Å². The molecule has 0 aliphatic carbocycles. The number of anilines is 1. The maximum absolute atomic E-state index is 5.74. The normalized spacial score (nSPS) is 15.2. The van der Waals surface area contributed by atoms with E-state index in [0.717, 1.165) is 55.8 Å². The Morgan fingerprint density at radius 1 is 1.07 bits per heavy atom. The third-order valence-corrected chi connectivity index (χ3v) is 5.32. The van der Waals surface area contributed by atoms with Crippen LogP contribution in [0.15, 0.2) is 47.6 Å². The van der Waals surface area contributed by atoms with E-state index in [9.17, 15) is 0 Å². The molecule has 1 aliphatic rings. The molecule has 2 aromatic rings. The van der Waals surface area contributed by atoms with Gasteiger partial charge in [-0.2, -0.15) is 0 Å². The number of likely N-dealkylation sites (N-methyl/N-ethyl adjacent to an activating group) is 1. The molecule has 0 bridgehead atoms. The smallest absolute Gasteiger partial charge is 0.191 e. The number of aliphatic imine (C=N–C) groups is 1. The van der Waals surface area contributed by atoms with Gasteiger partial charge in [-0.3, -0.25) is 4.99 Å². The Kier molecular flexibility index (Phi) is 8.32. The predicted molar refractivity (Wildman–Crippen MR) is 123 cm³/mol. The lowest BCUT2D eigenvalue weighted by Gasteiger charge is -2.34. The zero-order valence-corrected chi connectivity index (χ0v) is 18.4. The second-order valence-corrected chi connectivity index (χ2v) is 7.46. The summed E-state index contributed by atoms with van der Waals surface area (Å²) in [4.78, 5) is 13.8. The first-order chi connectivity index (χ1) is 14.7. The van der Waals surface area contributed by atoms with E-state index in [2.05, 4.69) is 56.4 Å². The Morgan fingerprint density at radius 2 is 1.83 bits per heavy atom. The van der Waals surface area contributed by atoms with E-state index in [1.165, 1.54) is 5.56 Å². The van der Waals surface area contributed by atoms with Crippen molar-refractivity contribution < 1.29 is 4.74 Å². The number of aromatic nitrogens is 1. The van der Waals surface area contributed by atoms with Crippen LogP contribution in [-0.2, 0) is 6.54 Å².